The number of hydrogen-bond donors (Lipinski definition) is 1. The van der Waals surface area contributed by atoms with Crippen LogP contribution in [0.3, 0.4) is 0 Å². The first kappa shape index (κ1) is 18.9. The quantitative estimate of drug-likeness (QED) is 0.458. The fourth-order valence-electron chi connectivity index (χ4n) is 2.50. The van der Waals surface area contributed by atoms with Crippen LogP contribution in [-0.2, 0) is 13.2 Å². The zero-order chi connectivity index (χ0) is 19.9. The van der Waals surface area contributed by atoms with Crippen LogP contribution in [0.1, 0.15) is 21.5 Å². The first-order valence-electron chi connectivity index (χ1n) is 8.43. The number of rotatable bonds is 8. The molecule has 0 unspecified atom stereocenters. The Morgan fingerprint density at radius 2 is 1.54 bits per heavy atom. The van der Waals surface area contributed by atoms with Crippen molar-refractivity contribution in [1.29, 1.82) is 0 Å². The molecule has 0 saturated heterocycles. The van der Waals surface area contributed by atoms with Gasteiger partial charge in [0.05, 0.1) is 4.92 Å². The van der Waals surface area contributed by atoms with Crippen molar-refractivity contribution < 1.29 is 24.3 Å². The Hall–Kier alpha value is -3.87. The maximum Gasteiger partial charge on any atom is 0.339 e. The van der Waals surface area contributed by atoms with Crippen molar-refractivity contribution in [2.75, 3.05) is 0 Å². The van der Waals surface area contributed by atoms with Crippen LogP contribution in [0.2, 0.25) is 0 Å². The van der Waals surface area contributed by atoms with E-state index < -0.39 is 10.9 Å². The zero-order valence-electron chi connectivity index (χ0n) is 14.8. The highest BCUT2D eigenvalue weighted by Gasteiger charge is 2.13. The van der Waals surface area contributed by atoms with Gasteiger partial charge in [-0.05, 0) is 35.4 Å². The minimum atomic E-state index is -1.09. The number of ether oxygens (including phenoxy) is 2. The van der Waals surface area contributed by atoms with Gasteiger partial charge in [-0.15, -0.1) is 0 Å². The number of carboxylic acid groups (broad SMARTS) is 1. The fraction of sp³-hybridized carbons (Fsp3) is 0.0952. The van der Waals surface area contributed by atoms with Crippen LogP contribution in [0.5, 0.6) is 11.5 Å². The lowest BCUT2D eigenvalue weighted by Crippen LogP contribution is -2.04. The molecule has 0 aliphatic rings. The molecule has 142 valence electrons. The molecule has 0 heterocycles. The first-order chi connectivity index (χ1) is 13.5. The topological polar surface area (TPSA) is 98.9 Å². The van der Waals surface area contributed by atoms with E-state index in [0.29, 0.717) is 5.75 Å². The molecule has 0 aromatic heterocycles. The van der Waals surface area contributed by atoms with Gasteiger partial charge in [-0.2, -0.15) is 0 Å². The second-order valence-corrected chi connectivity index (χ2v) is 5.95. The minimum absolute atomic E-state index is 0.00570. The van der Waals surface area contributed by atoms with Crippen LogP contribution in [0.15, 0.2) is 72.8 Å². The first-order valence-corrected chi connectivity index (χ1v) is 8.43. The van der Waals surface area contributed by atoms with E-state index in [9.17, 15) is 20.0 Å². The van der Waals surface area contributed by atoms with Gasteiger partial charge in [0.1, 0.15) is 30.3 Å². The van der Waals surface area contributed by atoms with Crippen molar-refractivity contribution in [2.24, 2.45) is 0 Å². The maximum atomic E-state index is 11.4. The molecule has 0 spiro atoms. The molecule has 1 N–H and O–H groups in total. The molecule has 0 saturated carbocycles. The molecule has 3 rings (SSSR count). The van der Waals surface area contributed by atoms with Gasteiger partial charge in [0, 0.05) is 18.2 Å². The zero-order valence-corrected chi connectivity index (χ0v) is 14.8. The van der Waals surface area contributed by atoms with Gasteiger partial charge < -0.3 is 14.6 Å². The van der Waals surface area contributed by atoms with E-state index in [1.54, 1.807) is 18.2 Å². The summed E-state index contributed by atoms with van der Waals surface area (Å²) in [5, 5.41) is 20.0. The number of carboxylic acids is 1. The van der Waals surface area contributed by atoms with E-state index in [2.05, 4.69) is 0 Å². The van der Waals surface area contributed by atoms with Gasteiger partial charge in [-0.25, -0.2) is 4.79 Å². The Morgan fingerprint density at radius 1 is 0.893 bits per heavy atom. The monoisotopic (exact) mass is 379 g/mol. The summed E-state index contributed by atoms with van der Waals surface area (Å²) in [5.41, 5.74) is 1.71. The molecule has 0 radical (unpaired) electrons. The summed E-state index contributed by atoms with van der Waals surface area (Å²) in [5.74, 6) is -0.450. The van der Waals surface area contributed by atoms with Crippen LogP contribution >= 0.6 is 0 Å². The van der Waals surface area contributed by atoms with Crippen molar-refractivity contribution in [3.8, 4) is 11.5 Å². The van der Waals surface area contributed by atoms with Gasteiger partial charge in [0.25, 0.3) is 5.69 Å². The third kappa shape index (κ3) is 4.85. The SMILES string of the molecule is O=C(O)c1ccc(OCc2ccc([N+](=O)[O-])cc2)cc1OCc1ccccc1. The lowest BCUT2D eigenvalue weighted by Gasteiger charge is -2.12. The van der Waals surface area contributed by atoms with Crippen LogP contribution < -0.4 is 9.47 Å². The summed E-state index contributed by atoms with van der Waals surface area (Å²) in [7, 11) is 0. The van der Waals surface area contributed by atoms with Crippen molar-refractivity contribution in [3.63, 3.8) is 0 Å². The van der Waals surface area contributed by atoms with Gasteiger partial charge in [-0.1, -0.05) is 30.3 Å². The number of hydrogen-bond acceptors (Lipinski definition) is 5. The average molecular weight is 379 g/mol. The number of nitro benzene ring substituents is 1. The molecule has 0 aliphatic carbocycles. The summed E-state index contributed by atoms with van der Waals surface area (Å²) in [6.07, 6.45) is 0. The van der Waals surface area contributed by atoms with Crippen LogP contribution in [0.25, 0.3) is 0 Å². The van der Waals surface area contributed by atoms with E-state index in [1.807, 2.05) is 30.3 Å². The number of nitrogens with zero attached hydrogens (tertiary/aromatic N) is 1. The molecular weight excluding hydrogens is 362 g/mol. The molecule has 0 atom stereocenters. The van der Waals surface area contributed by atoms with Crippen LogP contribution in [0, 0.1) is 10.1 Å². The number of nitro groups is 1. The van der Waals surface area contributed by atoms with Gasteiger partial charge in [0.15, 0.2) is 0 Å². The Morgan fingerprint density at radius 3 is 2.18 bits per heavy atom. The normalized spacial score (nSPS) is 10.3. The molecule has 0 amide bonds. The minimum Gasteiger partial charge on any atom is -0.489 e. The standard InChI is InChI=1S/C21H17NO6/c23-21(24)19-11-10-18(12-20(19)28-14-15-4-2-1-3-5-15)27-13-16-6-8-17(9-7-16)22(25)26/h1-12H,13-14H2,(H,23,24). The fourth-order valence-corrected chi connectivity index (χ4v) is 2.50. The predicted molar refractivity (Wildman–Crippen MR) is 102 cm³/mol. The van der Waals surface area contributed by atoms with E-state index in [-0.39, 0.29) is 30.2 Å². The van der Waals surface area contributed by atoms with Crippen LogP contribution in [-0.4, -0.2) is 16.0 Å². The lowest BCUT2D eigenvalue weighted by molar-refractivity contribution is -0.384. The maximum absolute atomic E-state index is 11.4. The molecule has 0 fully saturated rings. The smallest absolute Gasteiger partial charge is 0.339 e. The third-order valence-electron chi connectivity index (χ3n) is 3.97. The molecular formula is C21H17NO6. The van der Waals surface area contributed by atoms with E-state index in [1.165, 1.54) is 24.3 Å². The molecule has 7 nitrogen and oxygen atoms in total. The van der Waals surface area contributed by atoms with E-state index in [0.717, 1.165) is 11.1 Å². The number of non-ortho nitro benzene ring substituents is 1. The highest BCUT2D eigenvalue weighted by Crippen LogP contribution is 2.27. The summed E-state index contributed by atoms with van der Waals surface area (Å²) < 4.78 is 11.4. The van der Waals surface area contributed by atoms with Crippen LogP contribution in [0.4, 0.5) is 5.69 Å². The summed E-state index contributed by atoms with van der Waals surface area (Å²) >= 11 is 0. The van der Waals surface area contributed by atoms with Crippen molar-refractivity contribution in [3.05, 3.63) is 99.6 Å². The lowest BCUT2D eigenvalue weighted by atomic mass is 10.2. The van der Waals surface area contributed by atoms with E-state index >= 15 is 0 Å². The van der Waals surface area contributed by atoms with Crippen molar-refractivity contribution in [2.45, 2.75) is 13.2 Å². The Labute approximate surface area is 160 Å². The van der Waals surface area contributed by atoms with Crippen molar-refractivity contribution >= 4 is 11.7 Å². The second kappa shape index (κ2) is 8.68. The number of benzene rings is 3. The van der Waals surface area contributed by atoms with Gasteiger partial charge >= 0.3 is 5.97 Å². The Balaban J connectivity index is 1.71. The highest BCUT2D eigenvalue weighted by molar-refractivity contribution is 5.91. The Bertz CT molecular complexity index is 970. The second-order valence-electron chi connectivity index (χ2n) is 5.95. The van der Waals surface area contributed by atoms with Crippen molar-refractivity contribution in [1.82, 2.24) is 0 Å². The average Bonchev–Trinajstić information content (AvgIpc) is 2.71. The van der Waals surface area contributed by atoms with E-state index in [4.69, 9.17) is 9.47 Å². The molecule has 3 aromatic rings. The highest BCUT2D eigenvalue weighted by atomic mass is 16.6. The third-order valence-corrected chi connectivity index (χ3v) is 3.97. The summed E-state index contributed by atoms with van der Waals surface area (Å²) in [6, 6.07) is 19.9. The Kier molecular flexibility index (Phi) is 5.86. The van der Waals surface area contributed by atoms with Gasteiger partial charge in [-0.3, -0.25) is 10.1 Å². The largest absolute Gasteiger partial charge is 0.489 e. The molecule has 3 aromatic carbocycles. The predicted octanol–water partition coefficient (Wildman–Crippen LogP) is 4.45. The molecule has 7 heteroatoms. The molecule has 0 bridgehead atoms. The summed E-state index contributed by atoms with van der Waals surface area (Å²) in [4.78, 5) is 21.7. The van der Waals surface area contributed by atoms with Gasteiger partial charge in [0.2, 0.25) is 0 Å². The number of carbonyl (C=O) groups is 1. The number of aromatic carboxylic acids is 1. The summed E-state index contributed by atoms with van der Waals surface area (Å²) in [6.45, 7) is 0.412. The molecule has 28 heavy (non-hydrogen) atoms. The molecule has 0 aliphatic heterocycles.